The molecular weight excluding hydrogens is 843 g/mol. The molecule has 0 saturated carbocycles. The van der Waals surface area contributed by atoms with Gasteiger partial charge in [0.2, 0.25) is 0 Å². The molecule has 0 radical (unpaired) electrons. The van der Waals surface area contributed by atoms with E-state index in [1.165, 1.54) is 43.7 Å². The number of aromatic nitrogens is 5. The van der Waals surface area contributed by atoms with Gasteiger partial charge in [0.25, 0.3) is 0 Å². The van der Waals surface area contributed by atoms with Crippen LogP contribution in [0.3, 0.4) is 0 Å². The standard InChI is InChI=1S/C63H43N5O/c1-5-19-40(20-6-1)50-37-44(63-65-61(42-23-9-3-10-24-42)64-62(66-63)43-33-34-47-46-27-15-18-32-56(46)69-57(47)39-43)38-51(41-21-7-2-8-22-41)60(50)68-53-31-17-14-29-49(53)59-55(68)36-35-54-58(59)48-28-13-16-30-52(48)67(54)45-25-11-4-12-26-45/h1,3-7,9-33,35-39,47H,2,8,34H2. The summed E-state index contributed by atoms with van der Waals surface area (Å²) >= 11 is 0. The van der Waals surface area contributed by atoms with Crippen molar-refractivity contribution in [3.8, 4) is 51.0 Å². The van der Waals surface area contributed by atoms with Crippen molar-refractivity contribution in [2.75, 3.05) is 0 Å². The van der Waals surface area contributed by atoms with Crippen LogP contribution >= 0.6 is 0 Å². The van der Waals surface area contributed by atoms with Crippen LogP contribution in [0.5, 0.6) is 5.75 Å². The molecule has 0 bridgehead atoms. The maximum Gasteiger partial charge on any atom is 0.164 e. The zero-order valence-electron chi connectivity index (χ0n) is 37.6. The van der Waals surface area contributed by atoms with Crippen molar-refractivity contribution in [2.45, 2.75) is 25.2 Å². The minimum atomic E-state index is 0.180. The quantitative estimate of drug-likeness (QED) is 0.160. The molecule has 0 N–H and O–H groups in total. The highest BCUT2D eigenvalue weighted by Gasteiger charge is 2.32. The average molecular weight is 886 g/mol. The number of para-hydroxylation sites is 4. The van der Waals surface area contributed by atoms with E-state index in [-0.39, 0.29) is 5.92 Å². The molecule has 8 aromatic carbocycles. The fourth-order valence-electron chi connectivity index (χ4n) is 11.0. The Morgan fingerprint density at radius 3 is 1.78 bits per heavy atom. The normalized spacial score (nSPS) is 15.2. The molecule has 6 heteroatoms. The van der Waals surface area contributed by atoms with Gasteiger partial charge in [0.05, 0.1) is 27.8 Å². The second-order valence-electron chi connectivity index (χ2n) is 18.1. The number of fused-ring (bicyclic) bond motifs is 10. The minimum absolute atomic E-state index is 0.180. The lowest BCUT2D eigenvalue weighted by Gasteiger charge is -2.22. The third kappa shape index (κ3) is 6.36. The third-order valence-corrected chi connectivity index (χ3v) is 14.1. The molecule has 3 aromatic heterocycles. The van der Waals surface area contributed by atoms with Gasteiger partial charge in [-0.25, -0.2) is 15.0 Å². The predicted molar refractivity (Wildman–Crippen MR) is 282 cm³/mol. The largest absolute Gasteiger partial charge is 0.461 e. The first kappa shape index (κ1) is 39.3. The monoisotopic (exact) mass is 885 g/mol. The highest BCUT2D eigenvalue weighted by atomic mass is 16.5. The average Bonchev–Trinajstić information content (AvgIpc) is 4.09. The molecule has 6 nitrogen and oxygen atoms in total. The van der Waals surface area contributed by atoms with Gasteiger partial charge in [-0.15, -0.1) is 0 Å². The Kier molecular flexibility index (Phi) is 9.05. The second-order valence-corrected chi connectivity index (χ2v) is 18.1. The van der Waals surface area contributed by atoms with Crippen molar-refractivity contribution in [3.05, 3.63) is 241 Å². The van der Waals surface area contributed by atoms with Crippen LogP contribution in [0.15, 0.2) is 224 Å². The number of allylic oxidation sites excluding steroid dienone is 8. The minimum Gasteiger partial charge on any atom is -0.461 e. The van der Waals surface area contributed by atoms with E-state index in [2.05, 4.69) is 203 Å². The Morgan fingerprint density at radius 2 is 1.06 bits per heavy atom. The first-order chi connectivity index (χ1) is 34.2. The lowest BCUT2D eigenvalue weighted by atomic mass is 9.89. The lowest BCUT2D eigenvalue weighted by molar-refractivity contribution is 0.426. The fourth-order valence-corrected chi connectivity index (χ4v) is 11.0. The Balaban J connectivity index is 1.04. The van der Waals surface area contributed by atoms with Crippen LogP contribution in [-0.4, -0.2) is 24.1 Å². The maximum absolute atomic E-state index is 6.45. The summed E-state index contributed by atoms with van der Waals surface area (Å²) in [7, 11) is 0. The number of benzene rings is 8. The van der Waals surface area contributed by atoms with Crippen molar-refractivity contribution < 1.29 is 4.74 Å². The van der Waals surface area contributed by atoms with Gasteiger partial charge in [0.15, 0.2) is 17.5 Å². The zero-order valence-corrected chi connectivity index (χ0v) is 37.6. The molecule has 1 aliphatic heterocycles. The molecule has 11 aromatic rings. The highest BCUT2D eigenvalue weighted by Crippen LogP contribution is 2.48. The number of hydrogen-bond acceptors (Lipinski definition) is 4. The zero-order chi connectivity index (χ0) is 45.4. The molecule has 1 atom stereocenters. The predicted octanol–water partition coefficient (Wildman–Crippen LogP) is 15.6. The summed E-state index contributed by atoms with van der Waals surface area (Å²) in [6.45, 7) is 0. The molecule has 3 aliphatic rings. The van der Waals surface area contributed by atoms with E-state index in [9.17, 15) is 0 Å². The Hall–Kier alpha value is -8.87. The van der Waals surface area contributed by atoms with Crippen LogP contribution < -0.4 is 4.74 Å². The van der Waals surface area contributed by atoms with E-state index in [1.54, 1.807) is 0 Å². The van der Waals surface area contributed by atoms with Gasteiger partial charge >= 0.3 is 0 Å². The molecule has 2 aliphatic carbocycles. The van der Waals surface area contributed by atoms with E-state index < -0.39 is 0 Å². The smallest absolute Gasteiger partial charge is 0.164 e. The van der Waals surface area contributed by atoms with Crippen molar-refractivity contribution in [1.29, 1.82) is 0 Å². The Morgan fingerprint density at radius 1 is 0.464 bits per heavy atom. The van der Waals surface area contributed by atoms with Gasteiger partial charge in [0.1, 0.15) is 11.5 Å². The molecular formula is C63H43N5O. The summed E-state index contributed by atoms with van der Waals surface area (Å²) in [4.78, 5) is 15.9. The Bertz CT molecular complexity index is 4010. The fraction of sp³-hybridized carbons (Fsp3) is 0.0635. The lowest BCUT2D eigenvalue weighted by Crippen LogP contribution is -2.08. The van der Waals surface area contributed by atoms with Gasteiger partial charge in [0, 0.05) is 66.5 Å². The molecule has 0 saturated heterocycles. The highest BCUT2D eigenvalue weighted by molar-refractivity contribution is 6.29. The van der Waals surface area contributed by atoms with Crippen LogP contribution in [0.2, 0.25) is 0 Å². The molecule has 0 spiro atoms. The van der Waals surface area contributed by atoms with Crippen molar-refractivity contribution in [2.24, 2.45) is 0 Å². The number of hydrogen-bond donors (Lipinski definition) is 0. The molecule has 4 heterocycles. The van der Waals surface area contributed by atoms with Crippen molar-refractivity contribution in [3.63, 3.8) is 0 Å². The molecule has 14 rings (SSSR count). The van der Waals surface area contributed by atoms with Crippen LogP contribution in [0, 0.1) is 0 Å². The molecule has 326 valence electrons. The van der Waals surface area contributed by atoms with E-state index in [0.717, 1.165) is 86.6 Å². The van der Waals surface area contributed by atoms with Gasteiger partial charge in [-0.3, -0.25) is 0 Å². The summed E-state index contributed by atoms with van der Waals surface area (Å²) < 4.78 is 11.4. The van der Waals surface area contributed by atoms with Gasteiger partial charge in [-0.2, -0.15) is 0 Å². The maximum atomic E-state index is 6.45. The summed E-state index contributed by atoms with van der Waals surface area (Å²) in [5.41, 5.74) is 15.4. The topological polar surface area (TPSA) is 57.8 Å². The SMILES string of the molecule is C1=CC(c2cc(-c3nc(C4=CCC5C(=C4)Oc4ccccc45)nc(-c4ccccc4)n3)cc(-c3ccccc3)c2-n2c3ccccc3c3c4c5ccccc5n(-c5ccccc5)c4ccc32)=CCC1. The van der Waals surface area contributed by atoms with Crippen LogP contribution in [0.25, 0.3) is 100 Å². The summed E-state index contributed by atoms with van der Waals surface area (Å²) in [6.07, 6.45) is 14.1. The first-order valence-electron chi connectivity index (χ1n) is 23.9. The summed E-state index contributed by atoms with van der Waals surface area (Å²) in [5, 5.41) is 4.91. The summed E-state index contributed by atoms with van der Waals surface area (Å²) in [6, 6.07) is 67.1. The summed E-state index contributed by atoms with van der Waals surface area (Å²) in [5.74, 6) is 3.88. The molecule has 69 heavy (non-hydrogen) atoms. The Labute approximate surface area is 399 Å². The third-order valence-electron chi connectivity index (χ3n) is 14.1. The van der Waals surface area contributed by atoms with Crippen molar-refractivity contribution in [1.82, 2.24) is 24.1 Å². The van der Waals surface area contributed by atoms with E-state index in [1.807, 2.05) is 24.3 Å². The first-order valence-corrected chi connectivity index (χ1v) is 23.9. The molecule has 0 amide bonds. The van der Waals surface area contributed by atoms with Crippen LogP contribution in [0.4, 0.5) is 0 Å². The second kappa shape index (κ2) is 15.9. The van der Waals surface area contributed by atoms with E-state index in [0.29, 0.717) is 17.5 Å². The number of nitrogens with zero attached hydrogens (tertiary/aromatic N) is 5. The van der Waals surface area contributed by atoms with Gasteiger partial charge < -0.3 is 13.9 Å². The number of ether oxygens (including phenoxy) is 1. The van der Waals surface area contributed by atoms with Gasteiger partial charge in [-0.1, -0.05) is 158 Å². The van der Waals surface area contributed by atoms with E-state index >= 15 is 0 Å². The van der Waals surface area contributed by atoms with Gasteiger partial charge in [-0.05, 0) is 91.1 Å². The van der Waals surface area contributed by atoms with Crippen molar-refractivity contribution >= 4 is 54.8 Å². The van der Waals surface area contributed by atoms with Crippen LogP contribution in [0.1, 0.15) is 42.1 Å². The van der Waals surface area contributed by atoms with E-state index in [4.69, 9.17) is 19.7 Å². The number of rotatable bonds is 7. The molecule has 0 fully saturated rings. The van der Waals surface area contributed by atoms with Crippen LogP contribution in [-0.2, 0) is 0 Å². The molecule has 1 unspecified atom stereocenters.